The molecule has 0 saturated carbocycles. The van der Waals surface area contributed by atoms with E-state index in [0.717, 1.165) is 28.0 Å². The van der Waals surface area contributed by atoms with Gasteiger partial charge in [0.05, 0.1) is 11.0 Å². The molecule has 3 rings (SSSR count). The molecule has 0 bridgehead atoms. The van der Waals surface area contributed by atoms with Crippen LogP contribution in [-0.4, -0.2) is 21.1 Å². The Hall–Kier alpha value is -2.66. The van der Waals surface area contributed by atoms with Crippen LogP contribution in [0.4, 0.5) is 0 Å². The van der Waals surface area contributed by atoms with Crippen molar-refractivity contribution in [3.05, 3.63) is 53.6 Å². The second-order valence-electron chi connectivity index (χ2n) is 4.57. The van der Waals surface area contributed by atoms with Gasteiger partial charge in [-0.15, -0.1) is 0 Å². The van der Waals surface area contributed by atoms with Crippen molar-refractivity contribution >= 4 is 16.9 Å². The fraction of sp³-hybridized carbons (Fsp3) is 0.0667. The van der Waals surface area contributed by atoms with E-state index in [4.69, 9.17) is 5.21 Å². The number of aromatic amines is 1. The highest BCUT2D eigenvalue weighted by Crippen LogP contribution is 2.22. The lowest BCUT2D eigenvalue weighted by atomic mass is 10.1. The third-order valence-electron chi connectivity index (χ3n) is 3.24. The van der Waals surface area contributed by atoms with E-state index in [1.165, 1.54) is 0 Å². The standard InChI is InChI=1S/C15H13N3O2/c1-9-3-2-4-12-13(9)17-14(16-12)10-5-7-11(8-6-10)15(19)18-20/h2-8,20H,1H3,(H,16,17)(H,18,19). The fourth-order valence-corrected chi connectivity index (χ4v) is 2.16. The second kappa shape index (κ2) is 4.79. The molecule has 0 fully saturated rings. The number of nitrogens with one attached hydrogen (secondary N) is 2. The molecule has 2 aromatic carbocycles. The Balaban J connectivity index is 2.02. The number of imidazole rings is 1. The number of aromatic nitrogens is 2. The summed E-state index contributed by atoms with van der Waals surface area (Å²) in [6, 6.07) is 12.8. The van der Waals surface area contributed by atoms with Gasteiger partial charge in [-0.3, -0.25) is 10.0 Å². The number of aryl methyl sites for hydroxylation is 1. The SMILES string of the molecule is Cc1cccc2[nH]c(-c3ccc(C(=O)NO)cc3)nc12. The number of benzene rings is 2. The smallest absolute Gasteiger partial charge is 0.274 e. The molecule has 0 spiro atoms. The number of hydrogen-bond acceptors (Lipinski definition) is 3. The predicted molar refractivity (Wildman–Crippen MR) is 75.5 cm³/mol. The van der Waals surface area contributed by atoms with Gasteiger partial charge in [0, 0.05) is 11.1 Å². The van der Waals surface area contributed by atoms with Crippen molar-refractivity contribution in [2.24, 2.45) is 0 Å². The zero-order valence-electron chi connectivity index (χ0n) is 10.8. The lowest BCUT2D eigenvalue weighted by molar-refractivity contribution is 0.0706. The number of rotatable bonds is 2. The van der Waals surface area contributed by atoms with Crippen LogP contribution in [0.3, 0.4) is 0 Å². The summed E-state index contributed by atoms with van der Waals surface area (Å²) in [5, 5.41) is 8.58. The van der Waals surface area contributed by atoms with Gasteiger partial charge in [0.25, 0.3) is 5.91 Å². The number of hydroxylamine groups is 1. The van der Waals surface area contributed by atoms with E-state index >= 15 is 0 Å². The summed E-state index contributed by atoms with van der Waals surface area (Å²) in [6.07, 6.45) is 0. The number of hydrogen-bond donors (Lipinski definition) is 3. The minimum absolute atomic E-state index is 0.392. The van der Waals surface area contributed by atoms with Crippen molar-refractivity contribution in [2.45, 2.75) is 6.92 Å². The van der Waals surface area contributed by atoms with E-state index in [9.17, 15) is 4.79 Å². The van der Waals surface area contributed by atoms with Gasteiger partial charge < -0.3 is 4.98 Å². The molecule has 5 nitrogen and oxygen atoms in total. The average Bonchev–Trinajstić information content (AvgIpc) is 2.92. The first-order valence-corrected chi connectivity index (χ1v) is 6.19. The number of fused-ring (bicyclic) bond motifs is 1. The van der Waals surface area contributed by atoms with Crippen molar-refractivity contribution in [2.75, 3.05) is 0 Å². The molecule has 1 aromatic heterocycles. The number of H-pyrrole nitrogens is 1. The van der Waals surface area contributed by atoms with Crippen LogP contribution >= 0.6 is 0 Å². The Morgan fingerprint density at radius 3 is 2.60 bits per heavy atom. The fourth-order valence-electron chi connectivity index (χ4n) is 2.16. The van der Waals surface area contributed by atoms with Gasteiger partial charge in [-0.2, -0.15) is 0 Å². The Bertz CT molecular complexity index is 775. The van der Waals surface area contributed by atoms with E-state index in [0.29, 0.717) is 5.56 Å². The van der Waals surface area contributed by atoms with E-state index in [1.54, 1.807) is 29.7 Å². The summed E-state index contributed by atoms with van der Waals surface area (Å²) < 4.78 is 0. The van der Waals surface area contributed by atoms with Gasteiger partial charge in [-0.1, -0.05) is 24.3 Å². The summed E-state index contributed by atoms with van der Waals surface area (Å²) in [4.78, 5) is 19.1. The van der Waals surface area contributed by atoms with Crippen LogP contribution < -0.4 is 5.48 Å². The molecule has 0 saturated heterocycles. The molecule has 100 valence electrons. The highest BCUT2D eigenvalue weighted by molar-refractivity contribution is 5.93. The summed E-state index contributed by atoms with van der Waals surface area (Å²) in [7, 11) is 0. The highest BCUT2D eigenvalue weighted by atomic mass is 16.5. The molecule has 0 aliphatic heterocycles. The molecular formula is C15H13N3O2. The summed E-state index contributed by atoms with van der Waals surface area (Å²) in [5.74, 6) is 0.224. The number of amides is 1. The Kier molecular flexibility index (Phi) is 2.96. The topological polar surface area (TPSA) is 78.0 Å². The number of carbonyl (C=O) groups is 1. The molecule has 3 aromatic rings. The summed E-state index contributed by atoms with van der Waals surface area (Å²) in [6.45, 7) is 2.02. The molecule has 5 heteroatoms. The van der Waals surface area contributed by atoms with Crippen molar-refractivity contribution in [1.29, 1.82) is 0 Å². The summed E-state index contributed by atoms with van der Waals surface area (Å²) >= 11 is 0. The Morgan fingerprint density at radius 1 is 1.20 bits per heavy atom. The molecule has 0 aliphatic carbocycles. The molecule has 1 amide bonds. The number of nitrogens with zero attached hydrogens (tertiary/aromatic N) is 1. The largest absolute Gasteiger partial charge is 0.338 e. The molecular weight excluding hydrogens is 254 g/mol. The van der Waals surface area contributed by atoms with E-state index in [-0.39, 0.29) is 0 Å². The number of carbonyl (C=O) groups excluding carboxylic acids is 1. The van der Waals surface area contributed by atoms with Gasteiger partial charge in [0.2, 0.25) is 0 Å². The van der Waals surface area contributed by atoms with Gasteiger partial charge >= 0.3 is 0 Å². The molecule has 0 unspecified atom stereocenters. The normalized spacial score (nSPS) is 10.7. The maximum atomic E-state index is 11.3. The first kappa shape index (κ1) is 12.4. The van der Waals surface area contributed by atoms with Crippen LogP contribution in [0.25, 0.3) is 22.4 Å². The maximum Gasteiger partial charge on any atom is 0.274 e. The summed E-state index contributed by atoms with van der Waals surface area (Å²) in [5.41, 5.74) is 5.92. The zero-order chi connectivity index (χ0) is 14.1. The lowest BCUT2D eigenvalue weighted by Crippen LogP contribution is -2.18. The molecule has 20 heavy (non-hydrogen) atoms. The molecule has 0 atom stereocenters. The third kappa shape index (κ3) is 2.04. The van der Waals surface area contributed by atoms with Crippen molar-refractivity contribution in [3.63, 3.8) is 0 Å². The maximum absolute atomic E-state index is 11.3. The molecule has 0 radical (unpaired) electrons. The highest BCUT2D eigenvalue weighted by Gasteiger charge is 2.08. The Labute approximate surface area is 115 Å². The first-order valence-electron chi connectivity index (χ1n) is 6.19. The van der Waals surface area contributed by atoms with Crippen molar-refractivity contribution in [1.82, 2.24) is 15.4 Å². The zero-order valence-corrected chi connectivity index (χ0v) is 10.8. The first-order chi connectivity index (χ1) is 9.69. The van der Waals surface area contributed by atoms with Crippen LogP contribution in [0.1, 0.15) is 15.9 Å². The third-order valence-corrected chi connectivity index (χ3v) is 3.24. The van der Waals surface area contributed by atoms with Crippen LogP contribution in [0.5, 0.6) is 0 Å². The van der Waals surface area contributed by atoms with Gasteiger partial charge in [0.1, 0.15) is 5.82 Å². The monoisotopic (exact) mass is 267 g/mol. The minimum Gasteiger partial charge on any atom is -0.338 e. The molecule has 3 N–H and O–H groups in total. The van der Waals surface area contributed by atoms with Gasteiger partial charge in [-0.25, -0.2) is 10.5 Å². The van der Waals surface area contributed by atoms with Crippen molar-refractivity contribution < 1.29 is 10.0 Å². The molecule has 1 heterocycles. The van der Waals surface area contributed by atoms with E-state index in [1.807, 2.05) is 25.1 Å². The van der Waals surface area contributed by atoms with Crippen LogP contribution in [0.2, 0.25) is 0 Å². The van der Waals surface area contributed by atoms with Crippen LogP contribution in [0, 0.1) is 6.92 Å². The van der Waals surface area contributed by atoms with Gasteiger partial charge in [-0.05, 0) is 30.7 Å². The predicted octanol–water partition coefficient (Wildman–Crippen LogP) is 2.66. The molecule has 0 aliphatic rings. The van der Waals surface area contributed by atoms with Crippen LogP contribution in [-0.2, 0) is 0 Å². The van der Waals surface area contributed by atoms with E-state index < -0.39 is 5.91 Å². The lowest BCUT2D eigenvalue weighted by Gasteiger charge is -2.00. The quantitative estimate of drug-likeness (QED) is 0.493. The number of para-hydroxylation sites is 1. The Morgan fingerprint density at radius 2 is 1.95 bits per heavy atom. The van der Waals surface area contributed by atoms with Crippen molar-refractivity contribution in [3.8, 4) is 11.4 Å². The van der Waals surface area contributed by atoms with E-state index in [2.05, 4.69) is 9.97 Å². The van der Waals surface area contributed by atoms with Crippen LogP contribution in [0.15, 0.2) is 42.5 Å². The second-order valence-corrected chi connectivity index (χ2v) is 4.57. The average molecular weight is 267 g/mol. The van der Waals surface area contributed by atoms with Gasteiger partial charge in [0.15, 0.2) is 0 Å². The minimum atomic E-state index is -0.531.